The van der Waals surface area contributed by atoms with Crippen LogP contribution in [0.15, 0.2) is 48.5 Å². The minimum absolute atomic E-state index is 0.0243. The smallest absolute Gasteiger partial charge is 0.261 e. The Morgan fingerprint density at radius 3 is 2.64 bits per heavy atom. The van der Waals surface area contributed by atoms with Crippen LogP contribution in [-0.2, 0) is 17.6 Å². The van der Waals surface area contributed by atoms with Gasteiger partial charge in [0.05, 0.1) is 6.04 Å². The summed E-state index contributed by atoms with van der Waals surface area (Å²) in [5, 5.41) is 3.20. The Morgan fingerprint density at radius 1 is 1.16 bits per heavy atom. The molecule has 2 aromatic carbocycles. The number of carbonyl (C=O) groups is 1. The van der Waals surface area contributed by atoms with E-state index in [0.29, 0.717) is 6.42 Å². The number of amides is 1. The summed E-state index contributed by atoms with van der Waals surface area (Å²) in [5.41, 5.74) is 3.87. The first-order valence-corrected chi connectivity index (χ1v) is 9.35. The molecule has 3 nitrogen and oxygen atoms in total. The van der Waals surface area contributed by atoms with Gasteiger partial charge >= 0.3 is 0 Å². The van der Waals surface area contributed by atoms with Crippen molar-refractivity contribution in [2.45, 2.75) is 58.1 Å². The third kappa shape index (κ3) is 4.22. The van der Waals surface area contributed by atoms with Gasteiger partial charge in [0.15, 0.2) is 6.10 Å². The minimum atomic E-state index is -0.457. The molecular weight excluding hydrogens is 310 g/mol. The molecule has 1 aliphatic carbocycles. The number of ether oxygens (including phenoxy) is 1. The Hall–Kier alpha value is -2.29. The van der Waals surface area contributed by atoms with E-state index in [0.717, 1.165) is 31.4 Å². The molecule has 0 aromatic heterocycles. The van der Waals surface area contributed by atoms with Gasteiger partial charge in [-0.1, -0.05) is 50.2 Å². The molecule has 1 aliphatic rings. The normalized spacial score (nSPS) is 17.4. The van der Waals surface area contributed by atoms with Gasteiger partial charge in [0.2, 0.25) is 0 Å². The van der Waals surface area contributed by atoms with E-state index in [9.17, 15) is 4.79 Å². The van der Waals surface area contributed by atoms with Gasteiger partial charge in [-0.15, -0.1) is 0 Å². The van der Waals surface area contributed by atoms with Crippen molar-refractivity contribution in [3.63, 3.8) is 0 Å². The first-order valence-electron chi connectivity index (χ1n) is 9.35. The topological polar surface area (TPSA) is 38.3 Å². The molecule has 0 fully saturated rings. The fourth-order valence-electron chi connectivity index (χ4n) is 3.46. The third-order valence-electron chi connectivity index (χ3n) is 4.96. The van der Waals surface area contributed by atoms with E-state index >= 15 is 0 Å². The summed E-state index contributed by atoms with van der Waals surface area (Å²) < 4.78 is 5.94. The quantitative estimate of drug-likeness (QED) is 0.836. The van der Waals surface area contributed by atoms with Crippen LogP contribution in [0.5, 0.6) is 5.75 Å². The predicted molar refractivity (Wildman–Crippen MR) is 101 cm³/mol. The monoisotopic (exact) mass is 337 g/mol. The average Bonchev–Trinajstić information content (AvgIpc) is 2.66. The summed E-state index contributed by atoms with van der Waals surface area (Å²) >= 11 is 0. The molecule has 1 N–H and O–H groups in total. The van der Waals surface area contributed by atoms with E-state index in [-0.39, 0.29) is 11.9 Å². The second kappa shape index (κ2) is 8.19. The zero-order chi connectivity index (χ0) is 17.6. The minimum Gasteiger partial charge on any atom is -0.481 e. The highest BCUT2D eigenvalue weighted by Gasteiger charge is 2.25. The van der Waals surface area contributed by atoms with Gasteiger partial charge in [-0.2, -0.15) is 0 Å². The van der Waals surface area contributed by atoms with Crippen molar-refractivity contribution in [3.05, 3.63) is 65.2 Å². The van der Waals surface area contributed by atoms with Gasteiger partial charge in [0.25, 0.3) is 5.91 Å². The molecule has 3 rings (SSSR count). The Kier molecular flexibility index (Phi) is 5.75. The largest absolute Gasteiger partial charge is 0.481 e. The van der Waals surface area contributed by atoms with Crippen molar-refractivity contribution in [2.24, 2.45) is 0 Å². The van der Waals surface area contributed by atoms with Crippen molar-refractivity contribution in [1.82, 2.24) is 5.32 Å². The molecule has 0 spiro atoms. The van der Waals surface area contributed by atoms with E-state index in [1.54, 1.807) is 0 Å². The number of nitrogens with one attached hydrogen (secondary N) is 1. The van der Waals surface area contributed by atoms with Crippen LogP contribution >= 0.6 is 0 Å². The number of benzene rings is 2. The molecule has 0 heterocycles. The van der Waals surface area contributed by atoms with Gasteiger partial charge in [-0.3, -0.25) is 4.79 Å². The van der Waals surface area contributed by atoms with Crippen molar-refractivity contribution in [3.8, 4) is 5.75 Å². The molecule has 1 amide bonds. The average molecular weight is 337 g/mol. The van der Waals surface area contributed by atoms with Gasteiger partial charge in [0, 0.05) is 0 Å². The molecule has 0 radical (unpaired) electrons. The summed E-state index contributed by atoms with van der Waals surface area (Å²) in [6.45, 7) is 4.11. The van der Waals surface area contributed by atoms with Gasteiger partial charge in [-0.05, 0) is 60.9 Å². The van der Waals surface area contributed by atoms with Crippen LogP contribution < -0.4 is 10.1 Å². The Labute approximate surface area is 150 Å². The number of rotatable bonds is 6. The fourth-order valence-corrected chi connectivity index (χ4v) is 3.46. The summed E-state index contributed by atoms with van der Waals surface area (Å²) in [6, 6.07) is 16.5. The Balaban J connectivity index is 1.66. The lowest BCUT2D eigenvalue weighted by atomic mass is 9.87. The SMILES string of the molecule is CCc1ccc(O[C@@H](CC)C(=O)N[C@H]2CCCc3ccccc32)cc1. The maximum absolute atomic E-state index is 12.7. The maximum atomic E-state index is 12.7. The number of hydrogen-bond acceptors (Lipinski definition) is 2. The molecule has 0 bridgehead atoms. The summed E-state index contributed by atoms with van der Waals surface area (Å²) in [7, 11) is 0. The van der Waals surface area contributed by atoms with Crippen LogP contribution in [0.3, 0.4) is 0 Å². The first kappa shape index (κ1) is 17.5. The van der Waals surface area contributed by atoms with Crippen LogP contribution in [0.4, 0.5) is 0 Å². The van der Waals surface area contributed by atoms with Crippen molar-refractivity contribution in [2.75, 3.05) is 0 Å². The van der Waals surface area contributed by atoms with Crippen LogP contribution in [-0.4, -0.2) is 12.0 Å². The molecular formula is C22H27NO2. The number of hydrogen-bond donors (Lipinski definition) is 1. The predicted octanol–water partition coefficient (Wildman–Crippen LogP) is 4.60. The molecule has 0 aliphatic heterocycles. The Morgan fingerprint density at radius 2 is 1.92 bits per heavy atom. The van der Waals surface area contributed by atoms with E-state index in [1.807, 2.05) is 25.1 Å². The van der Waals surface area contributed by atoms with Crippen molar-refractivity contribution >= 4 is 5.91 Å². The van der Waals surface area contributed by atoms with Crippen LogP contribution in [0.2, 0.25) is 0 Å². The highest BCUT2D eigenvalue weighted by Crippen LogP contribution is 2.29. The van der Waals surface area contributed by atoms with Gasteiger partial charge < -0.3 is 10.1 Å². The second-order valence-corrected chi connectivity index (χ2v) is 6.66. The van der Waals surface area contributed by atoms with Gasteiger partial charge in [0.1, 0.15) is 5.75 Å². The second-order valence-electron chi connectivity index (χ2n) is 6.66. The van der Waals surface area contributed by atoms with Crippen molar-refractivity contribution in [1.29, 1.82) is 0 Å². The summed E-state index contributed by atoms with van der Waals surface area (Å²) in [5.74, 6) is 0.729. The lowest BCUT2D eigenvalue weighted by Crippen LogP contribution is -2.40. The highest BCUT2D eigenvalue weighted by atomic mass is 16.5. The molecule has 0 unspecified atom stereocenters. The van der Waals surface area contributed by atoms with Gasteiger partial charge in [-0.25, -0.2) is 0 Å². The standard InChI is InChI=1S/C22H27NO2/c1-3-16-12-14-18(15-13-16)25-21(4-2)22(24)23-20-11-7-9-17-8-5-6-10-19(17)20/h5-6,8,10,12-15,20-21H,3-4,7,9,11H2,1-2H3,(H,23,24)/t20-,21-/m0/s1. The van der Waals surface area contributed by atoms with Crippen LogP contribution in [0.25, 0.3) is 0 Å². The number of aryl methyl sites for hydroxylation is 2. The number of fused-ring (bicyclic) bond motifs is 1. The zero-order valence-electron chi connectivity index (χ0n) is 15.1. The number of carbonyl (C=O) groups excluding carboxylic acids is 1. The zero-order valence-corrected chi connectivity index (χ0v) is 15.1. The lowest BCUT2D eigenvalue weighted by molar-refractivity contribution is -0.129. The Bertz CT molecular complexity index is 708. The first-order chi connectivity index (χ1) is 12.2. The van der Waals surface area contributed by atoms with E-state index in [1.165, 1.54) is 16.7 Å². The molecule has 132 valence electrons. The molecule has 0 saturated heterocycles. The fraction of sp³-hybridized carbons (Fsp3) is 0.409. The third-order valence-corrected chi connectivity index (χ3v) is 4.96. The maximum Gasteiger partial charge on any atom is 0.261 e. The van der Waals surface area contributed by atoms with Crippen LogP contribution in [0, 0.1) is 0 Å². The van der Waals surface area contributed by atoms with E-state index < -0.39 is 6.10 Å². The molecule has 2 atom stereocenters. The molecule has 3 heteroatoms. The van der Waals surface area contributed by atoms with E-state index in [2.05, 4.69) is 42.6 Å². The van der Waals surface area contributed by atoms with E-state index in [4.69, 9.17) is 4.74 Å². The molecule has 0 saturated carbocycles. The summed E-state index contributed by atoms with van der Waals surface area (Å²) in [4.78, 5) is 12.7. The molecule has 25 heavy (non-hydrogen) atoms. The lowest BCUT2D eigenvalue weighted by Gasteiger charge is -2.28. The molecule has 2 aromatic rings. The van der Waals surface area contributed by atoms with Crippen LogP contribution in [0.1, 0.15) is 55.8 Å². The van der Waals surface area contributed by atoms with Crippen molar-refractivity contribution < 1.29 is 9.53 Å². The summed E-state index contributed by atoms with van der Waals surface area (Å²) in [6.07, 6.45) is 4.39. The highest BCUT2D eigenvalue weighted by molar-refractivity contribution is 5.81.